The largest absolute Gasteiger partial charge is 0.461 e. The number of amides is 1. The van der Waals surface area contributed by atoms with Crippen LogP contribution in [0.4, 0.5) is 5.69 Å². The summed E-state index contributed by atoms with van der Waals surface area (Å²) in [5, 5.41) is 15.0. The maximum Gasteiger partial charge on any atom is 0.358 e. The number of nitrogens with zero attached hydrogens (tertiary/aromatic N) is 5. The summed E-state index contributed by atoms with van der Waals surface area (Å²) < 4.78 is 8.11. The highest BCUT2D eigenvalue weighted by Crippen LogP contribution is 2.16. The summed E-state index contributed by atoms with van der Waals surface area (Å²) >= 11 is 0. The maximum atomic E-state index is 12.6. The molecule has 31 heavy (non-hydrogen) atoms. The van der Waals surface area contributed by atoms with Gasteiger partial charge in [-0.05, 0) is 36.8 Å². The second-order valence-corrected chi connectivity index (χ2v) is 6.66. The van der Waals surface area contributed by atoms with Crippen LogP contribution in [0.25, 0.3) is 5.69 Å². The van der Waals surface area contributed by atoms with Gasteiger partial charge in [0.25, 0.3) is 5.91 Å². The number of anilines is 1. The molecule has 0 unspecified atom stereocenters. The van der Waals surface area contributed by atoms with Crippen LogP contribution >= 0.6 is 0 Å². The van der Waals surface area contributed by atoms with Crippen molar-refractivity contribution >= 4 is 17.6 Å². The van der Waals surface area contributed by atoms with Crippen molar-refractivity contribution in [2.24, 2.45) is 0 Å². The van der Waals surface area contributed by atoms with Crippen molar-refractivity contribution in [1.29, 1.82) is 0 Å². The van der Waals surface area contributed by atoms with Crippen LogP contribution in [0.15, 0.2) is 73.1 Å². The minimum Gasteiger partial charge on any atom is -0.461 e. The molecule has 2 aromatic heterocycles. The number of rotatable bonds is 7. The fourth-order valence-electron chi connectivity index (χ4n) is 2.95. The summed E-state index contributed by atoms with van der Waals surface area (Å²) in [4.78, 5) is 24.4. The predicted molar refractivity (Wildman–Crippen MR) is 113 cm³/mol. The molecule has 9 nitrogen and oxygen atoms in total. The molecule has 0 bridgehead atoms. The van der Waals surface area contributed by atoms with Crippen LogP contribution in [0, 0.1) is 0 Å². The minimum atomic E-state index is -0.482. The molecule has 0 saturated carbocycles. The highest BCUT2D eigenvalue weighted by atomic mass is 16.5. The lowest BCUT2D eigenvalue weighted by molar-refractivity contribution is 0.0519. The Morgan fingerprint density at radius 2 is 1.87 bits per heavy atom. The molecule has 156 valence electrons. The third kappa shape index (κ3) is 4.84. The SMILES string of the molecule is CCOC(=O)c1ccn(-c2cccc(NC(=O)c3cn(Cc4ccccc4)nn3)c2)n1. The van der Waals surface area contributed by atoms with Crippen LogP contribution in [-0.4, -0.2) is 43.3 Å². The van der Waals surface area contributed by atoms with E-state index >= 15 is 0 Å². The third-order valence-corrected chi connectivity index (χ3v) is 4.40. The van der Waals surface area contributed by atoms with Crippen molar-refractivity contribution in [2.75, 3.05) is 11.9 Å². The van der Waals surface area contributed by atoms with Crippen molar-refractivity contribution in [3.05, 3.63) is 90.0 Å². The molecule has 0 aliphatic rings. The Morgan fingerprint density at radius 3 is 2.68 bits per heavy atom. The Labute approximate surface area is 178 Å². The molecule has 0 spiro atoms. The number of carbonyl (C=O) groups excluding carboxylic acids is 2. The minimum absolute atomic E-state index is 0.213. The lowest BCUT2D eigenvalue weighted by Crippen LogP contribution is -2.13. The van der Waals surface area contributed by atoms with Crippen molar-refractivity contribution in [3.8, 4) is 5.69 Å². The van der Waals surface area contributed by atoms with Crippen molar-refractivity contribution in [2.45, 2.75) is 13.5 Å². The van der Waals surface area contributed by atoms with Crippen LogP contribution in [-0.2, 0) is 11.3 Å². The van der Waals surface area contributed by atoms with E-state index in [4.69, 9.17) is 4.74 Å². The zero-order valence-corrected chi connectivity index (χ0v) is 16.8. The molecule has 0 atom stereocenters. The van der Waals surface area contributed by atoms with Gasteiger partial charge in [0.2, 0.25) is 0 Å². The number of carbonyl (C=O) groups is 2. The summed E-state index contributed by atoms with van der Waals surface area (Å²) in [5.41, 5.74) is 2.74. The second kappa shape index (κ2) is 9.04. The molecule has 2 aromatic carbocycles. The van der Waals surface area contributed by atoms with Gasteiger partial charge < -0.3 is 10.1 Å². The average Bonchev–Trinajstić information content (AvgIpc) is 3.45. The molecule has 0 aliphatic carbocycles. The summed E-state index contributed by atoms with van der Waals surface area (Å²) in [5.74, 6) is -0.853. The van der Waals surface area contributed by atoms with Gasteiger partial charge in [-0.25, -0.2) is 14.2 Å². The normalized spacial score (nSPS) is 10.6. The highest BCUT2D eigenvalue weighted by Gasteiger charge is 2.13. The molecule has 4 aromatic rings. The number of ether oxygens (including phenoxy) is 1. The van der Waals surface area contributed by atoms with E-state index in [9.17, 15) is 9.59 Å². The highest BCUT2D eigenvalue weighted by molar-refractivity contribution is 6.02. The lowest BCUT2D eigenvalue weighted by Gasteiger charge is -2.06. The summed E-state index contributed by atoms with van der Waals surface area (Å²) in [7, 11) is 0. The molecule has 2 heterocycles. The molecule has 9 heteroatoms. The van der Waals surface area contributed by atoms with Crippen molar-refractivity contribution in [1.82, 2.24) is 24.8 Å². The number of hydrogen-bond acceptors (Lipinski definition) is 6. The van der Waals surface area contributed by atoms with E-state index in [1.54, 1.807) is 48.3 Å². The van der Waals surface area contributed by atoms with Gasteiger partial charge in [0.15, 0.2) is 11.4 Å². The molecule has 0 radical (unpaired) electrons. The van der Waals surface area contributed by atoms with Crippen LogP contribution in [0.2, 0.25) is 0 Å². The number of hydrogen-bond donors (Lipinski definition) is 1. The molecular formula is C22H20N6O3. The molecule has 0 aliphatic heterocycles. The van der Waals surface area contributed by atoms with Crippen LogP contribution in [0.3, 0.4) is 0 Å². The third-order valence-electron chi connectivity index (χ3n) is 4.40. The monoisotopic (exact) mass is 416 g/mol. The zero-order chi connectivity index (χ0) is 21.6. The first kappa shape index (κ1) is 20.0. The van der Waals surface area contributed by atoms with Crippen molar-refractivity contribution in [3.63, 3.8) is 0 Å². The van der Waals surface area contributed by atoms with Gasteiger partial charge in [0, 0.05) is 11.9 Å². The van der Waals surface area contributed by atoms with E-state index in [-0.39, 0.29) is 23.9 Å². The predicted octanol–water partition coefficient (Wildman–Crippen LogP) is 2.94. The molecule has 0 saturated heterocycles. The average molecular weight is 416 g/mol. The fraction of sp³-hybridized carbons (Fsp3) is 0.136. The zero-order valence-electron chi connectivity index (χ0n) is 16.8. The summed E-state index contributed by atoms with van der Waals surface area (Å²) in [6.45, 7) is 2.54. The molecule has 4 rings (SSSR count). The first-order chi connectivity index (χ1) is 15.1. The molecule has 1 N–H and O–H groups in total. The van der Waals surface area contributed by atoms with Crippen LogP contribution in [0.1, 0.15) is 33.5 Å². The van der Waals surface area contributed by atoms with E-state index in [1.165, 1.54) is 4.68 Å². The van der Waals surface area contributed by atoms with E-state index in [0.29, 0.717) is 17.9 Å². The standard InChI is InChI=1S/C22H20N6O3/c1-2-31-22(30)19-11-12-28(25-19)18-10-6-9-17(13-18)23-21(29)20-15-27(26-24-20)14-16-7-4-3-5-8-16/h3-13,15H,2,14H2,1H3,(H,23,29). The van der Waals surface area contributed by atoms with Gasteiger partial charge in [-0.15, -0.1) is 5.10 Å². The van der Waals surface area contributed by atoms with Gasteiger partial charge in [-0.1, -0.05) is 41.6 Å². The number of benzene rings is 2. The quantitative estimate of drug-likeness (QED) is 0.465. The van der Waals surface area contributed by atoms with E-state index in [0.717, 1.165) is 5.56 Å². The Hall–Kier alpha value is -4.27. The smallest absolute Gasteiger partial charge is 0.358 e. The Kier molecular flexibility index (Phi) is 5.84. The van der Waals surface area contributed by atoms with Gasteiger partial charge >= 0.3 is 5.97 Å². The Balaban J connectivity index is 1.44. The number of aromatic nitrogens is 5. The molecule has 0 fully saturated rings. The van der Waals surface area contributed by atoms with Crippen molar-refractivity contribution < 1.29 is 14.3 Å². The van der Waals surface area contributed by atoms with Gasteiger partial charge in [0.05, 0.1) is 25.0 Å². The van der Waals surface area contributed by atoms with Gasteiger partial charge in [-0.2, -0.15) is 5.10 Å². The maximum absolute atomic E-state index is 12.6. The number of esters is 1. The second-order valence-electron chi connectivity index (χ2n) is 6.66. The van der Waals surface area contributed by atoms with Crippen LogP contribution < -0.4 is 5.32 Å². The first-order valence-electron chi connectivity index (χ1n) is 9.71. The Bertz CT molecular complexity index is 1200. The number of nitrogens with one attached hydrogen (secondary N) is 1. The van der Waals surface area contributed by atoms with E-state index in [2.05, 4.69) is 20.7 Å². The topological polar surface area (TPSA) is 104 Å². The summed E-state index contributed by atoms with van der Waals surface area (Å²) in [6.07, 6.45) is 3.26. The molecular weight excluding hydrogens is 396 g/mol. The van der Waals surface area contributed by atoms with E-state index in [1.807, 2.05) is 36.4 Å². The molecule has 1 amide bonds. The fourth-order valence-corrected chi connectivity index (χ4v) is 2.95. The van der Waals surface area contributed by atoms with Crippen LogP contribution in [0.5, 0.6) is 0 Å². The summed E-state index contributed by atoms with van der Waals surface area (Å²) in [6, 6.07) is 18.5. The Morgan fingerprint density at radius 1 is 1.03 bits per heavy atom. The van der Waals surface area contributed by atoms with Gasteiger partial charge in [-0.3, -0.25) is 4.79 Å². The lowest BCUT2D eigenvalue weighted by atomic mass is 10.2. The first-order valence-corrected chi connectivity index (χ1v) is 9.71. The van der Waals surface area contributed by atoms with Gasteiger partial charge in [0.1, 0.15) is 0 Å². The van der Waals surface area contributed by atoms with E-state index < -0.39 is 5.97 Å².